The van der Waals surface area contributed by atoms with Gasteiger partial charge in [0, 0.05) is 30.2 Å². The van der Waals surface area contributed by atoms with Crippen molar-refractivity contribution in [2.24, 2.45) is 11.5 Å². The summed E-state index contributed by atoms with van der Waals surface area (Å²) >= 11 is 0. The Morgan fingerprint density at radius 3 is 1.00 bits per heavy atom. The minimum atomic E-state index is 0. The third-order valence-electron chi connectivity index (χ3n) is 0.167. The molecule has 0 unspecified atom stereocenters. The van der Waals surface area contributed by atoms with Gasteiger partial charge in [-0.05, 0) is 0 Å². The Balaban J connectivity index is -0.0000000150. The van der Waals surface area contributed by atoms with Gasteiger partial charge < -0.3 is 11.5 Å². The van der Waals surface area contributed by atoms with Crippen molar-refractivity contribution in [3.8, 4) is 0 Å². The van der Waals surface area contributed by atoms with Gasteiger partial charge in [-0.1, -0.05) is 0 Å². The molecule has 0 aromatic carbocycles. The van der Waals surface area contributed by atoms with Gasteiger partial charge in [0.1, 0.15) is 0 Å². The minimum absolute atomic E-state index is 0. The second kappa shape index (κ2) is 23.7. The van der Waals surface area contributed by atoms with E-state index in [4.69, 9.17) is 11.5 Å². The van der Waals surface area contributed by atoms with Gasteiger partial charge in [-0.3, -0.25) is 0 Å². The summed E-state index contributed by atoms with van der Waals surface area (Å²) < 4.78 is 0. The van der Waals surface area contributed by atoms with Crippen molar-refractivity contribution in [3.05, 3.63) is 0 Å². The topological polar surface area (TPSA) is 52.0 Å². The molecule has 0 aromatic heterocycles. The third kappa shape index (κ3) is 29.6. The molecule has 5 heteroatoms. The molecule has 0 amide bonds. The molecule has 0 fully saturated rings. The zero-order valence-corrected chi connectivity index (χ0v) is 4.03. The summed E-state index contributed by atoms with van der Waals surface area (Å²) in [6.45, 7) is 1.19. The first-order valence-electron chi connectivity index (χ1n) is 1.32. The summed E-state index contributed by atoms with van der Waals surface area (Å²) in [6.07, 6.45) is 0. The van der Waals surface area contributed by atoms with Gasteiger partial charge in [0.05, 0.1) is 0 Å². The zero-order chi connectivity index (χ0) is 3.41. The molecular formula is C2H10FeN2Na2. The molecule has 0 heterocycles. The van der Waals surface area contributed by atoms with Crippen LogP contribution in [0.1, 0.15) is 0 Å². The van der Waals surface area contributed by atoms with Crippen LogP contribution in [0.5, 0.6) is 0 Å². The number of hydrogen-bond acceptors (Lipinski definition) is 2. The molecule has 0 bridgehead atoms. The average Bonchev–Trinajstić information content (AvgIpc) is 1.37. The van der Waals surface area contributed by atoms with Crippen LogP contribution in [0.15, 0.2) is 0 Å². The van der Waals surface area contributed by atoms with E-state index in [0.717, 1.165) is 0 Å². The van der Waals surface area contributed by atoms with Gasteiger partial charge in [-0.25, -0.2) is 0 Å². The third-order valence-corrected chi connectivity index (χ3v) is 0.167. The molecule has 0 saturated heterocycles. The molecule has 4 N–H and O–H groups in total. The Labute approximate surface area is 99.2 Å². The van der Waals surface area contributed by atoms with Gasteiger partial charge in [-0.2, -0.15) is 0 Å². The zero-order valence-electron chi connectivity index (χ0n) is 2.92. The summed E-state index contributed by atoms with van der Waals surface area (Å²) in [5, 5.41) is 0. The van der Waals surface area contributed by atoms with E-state index in [1.807, 2.05) is 0 Å². The fraction of sp³-hybridized carbons (Fsp3) is 1.00. The molecule has 0 aromatic rings. The molecule has 0 saturated carbocycles. The molecular weight excluding hydrogens is 154 g/mol. The predicted molar refractivity (Wildman–Crippen MR) is 32.4 cm³/mol. The van der Waals surface area contributed by atoms with Crippen LogP contribution in [0, 0.1) is 0 Å². The van der Waals surface area contributed by atoms with E-state index in [9.17, 15) is 0 Å². The normalized spacial score (nSPS) is 4.29. The molecule has 0 aliphatic rings. The van der Waals surface area contributed by atoms with E-state index >= 15 is 0 Å². The number of rotatable bonds is 1. The molecule has 0 radical (unpaired) electrons. The van der Waals surface area contributed by atoms with Crippen molar-refractivity contribution in [2.45, 2.75) is 0 Å². The number of nitrogens with two attached hydrogens (primary N) is 2. The molecule has 7 heavy (non-hydrogen) atoms. The summed E-state index contributed by atoms with van der Waals surface area (Å²) in [7, 11) is 0. The maximum atomic E-state index is 4.90. The fourth-order valence-corrected chi connectivity index (χ4v) is 0. The summed E-state index contributed by atoms with van der Waals surface area (Å²) in [5.41, 5.74) is 9.81. The standard InChI is InChI=1S/C2H8N2.Fe.2Na.2H/c3-1-2-4;;;;;/h1-4H2;;;;;. The van der Waals surface area contributed by atoms with Gasteiger partial charge in [0.25, 0.3) is 0 Å². The Kier molecular flexibility index (Phi) is 76.9. The van der Waals surface area contributed by atoms with E-state index in [1.54, 1.807) is 0 Å². The second-order valence-electron chi connectivity index (χ2n) is 0.577. The second-order valence-corrected chi connectivity index (χ2v) is 0.577. The Morgan fingerprint density at radius 2 is 1.00 bits per heavy atom. The van der Waals surface area contributed by atoms with Crippen LogP contribution < -0.4 is 11.5 Å². The Morgan fingerprint density at radius 1 is 0.857 bits per heavy atom. The van der Waals surface area contributed by atoms with Crippen LogP contribution in [0.4, 0.5) is 0 Å². The van der Waals surface area contributed by atoms with Crippen LogP contribution in [0.2, 0.25) is 0 Å². The molecule has 2 nitrogen and oxygen atoms in total. The Hall–Kier alpha value is 2.44. The van der Waals surface area contributed by atoms with E-state index in [0.29, 0.717) is 13.1 Å². The maximum absolute atomic E-state index is 4.90. The monoisotopic (exact) mass is 164 g/mol. The van der Waals surface area contributed by atoms with Crippen molar-refractivity contribution in [1.82, 2.24) is 0 Å². The van der Waals surface area contributed by atoms with Crippen LogP contribution in [-0.2, 0) is 17.1 Å². The molecule has 0 aliphatic heterocycles. The predicted octanol–water partition coefficient (Wildman–Crippen LogP) is -2.40. The van der Waals surface area contributed by atoms with Crippen LogP contribution in [0.3, 0.4) is 0 Å². The van der Waals surface area contributed by atoms with Crippen LogP contribution in [-0.4, -0.2) is 72.2 Å². The molecule has 38 valence electrons. The van der Waals surface area contributed by atoms with Gasteiger partial charge in [0.15, 0.2) is 0 Å². The van der Waals surface area contributed by atoms with Gasteiger partial charge in [0.2, 0.25) is 0 Å². The van der Waals surface area contributed by atoms with Gasteiger partial charge >= 0.3 is 59.1 Å². The summed E-state index contributed by atoms with van der Waals surface area (Å²) in [5.74, 6) is 0. The number of hydrogen-bond donors (Lipinski definition) is 2. The van der Waals surface area contributed by atoms with Crippen molar-refractivity contribution in [3.63, 3.8) is 0 Å². The summed E-state index contributed by atoms with van der Waals surface area (Å²) in [4.78, 5) is 0. The van der Waals surface area contributed by atoms with Crippen LogP contribution >= 0.6 is 0 Å². The van der Waals surface area contributed by atoms with Gasteiger partial charge in [-0.15, -0.1) is 0 Å². The molecule has 0 aliphatic carbocycles. The Bertz CT molecular complexity index is 15.7. The summed E-state index contributed by atoms with van der Waals surface area (Å²) in [6, 6.07) is 0. The van der Waals surface area contributed by atoms with Crippen LogP contribution in [0.25, 0.3) is 0 Å². The van der Waals surface area contributed by atoms with Crippen molar-refractivity contribution in [2.75, 3.05) is 13.1 Å². The average molecular weight is 164 g/mol. The van der Waals surface area contributed by atoms with E-state index in [-0.39, 0.29) is 76.2 Å². The first-order valence-corrected chi connectivity index (χ1v) is 1.32. The van der Waals surface area contributed by atoms with E-state index < -0.39 is 0 Å². The molecule has 0 spiro atoms. The molecule has 0 rings (SSSR count). The van der Waals surface area contributed by atoms with E-state index in [2.05, 4.69) is 0 Å². The first-order chi connectivity index (χ1) is 1.91. The van der Waals surface area contributed by atoms with Crippen molar-refractivity contribution in [1.29, 1.82) is 0 Å². The molecule has 0 atom stereocenters. The van der Waals surface area contributed by atoms with Crippen molar-refractivity contribution < 1.29 is 17.1 Å². The SMILES string of the molecule is NCCN.[Fe].[NaH].[NaH]. The fourth-order valence-electron chi connectivity index (χ4n) is 0. The van der Waals surface area contributed by atoms with Crippen molar-refractivity contribution >= 4 is 59.1 Å². The quantitative estimate of drug-likeness (QED) is 0.424. The first kappa shape index (κ1) is 22.7. The van der Waals surface area contributed by atoms with E-state index in [1.165, 1.54) is 0 Å².